The van der Waals surface area contributed by atoms with Crippen LogP contribution in [0.1, 0.15) is 129 Å². The third-order valence-electron chi connectivity index (χ3n) is 5.08. The number of unbranched alkanes of at least 4 members (excludes halogenated alkanes) is 14. The van der Waals surface area contributed by atoms with Gasteiger partial charge in [0, 0.05) is 0 Å². The van der Waals surface area contributed by atoms with E-state index in [1.165, 1.54) is 89.9 Å². The second-order valence-corrected chi connectivity index (χ2v) is 7.85. The quantitative estimate of drug-likeness (QED) is 0.207. The van der Waals surface area contributed by atoms with E-state index in [0.717, 1.165) is 25.7 Å². The highest BCUT2D eigenvalue weighted by molar-refractivity contribution is 5.08. The van der Waals surface area contributed by atoms with Gasteiger partial charge in [-0.05, 0) is 25.7 Å². The average molecular weight is 367 g/mol. The number of aliphatic hydroxyl groups excluding tert-OH is 2. The predicted octanol–water partition coefficient (Wildman–Crippen LogP) is 6.77. The molecule has 0 aromatic heterocycles. The molecule has 0 saturated heterocycles. The summed E-state index contributed by atoms with van der Waals surface area (Å²) >= 11 is 0. The highest BCUT2D eigenvalue weighted by Gasteiger charge is 2.02. The molecule has 0 bridgehead atoms. The highest BCUT2D eigenvalue weighted by atomic mass is 16.3. The normalized spacial score (nSPS) is 13.2. The molecule has 2 atom stereocenters. The van der Waals surface area contributed by atoms with E-state index in [1.807, 2.05) is 0 Å². The lowest BCUT2D eigenvalue weighted by Crippen LogP contribution is -2.07. The largest absolute Gasteiger partial charge is 0.380 e. The molecule has 0 aromatic rings. The Morgan fingerprint density at radius 3 is 1.04 bits per heavy atom. The van der Waals surface area contributed by atoms with Crippen molar-refractivity contribution in [3.63, 3.8) is 0 Å². The molecule has 0 aliphatic rings. The third kappa shape index (κ3) is 19.8. The topological polar surface area (TPSA) is 40.5 Å². The van der Waals surface area contributed by atoms with Crippen molar-refractivity contribution in [1.29, 1.82) is 0 Å². The maximum absolute atomic E-state index is 9.91. The summed E-state index contributed by atoms with van der Waals surface area (Å²) < 4.78 is 0. The molecular weight excluding hydrogens is 320 g/mol. The number of rotatable bonds is 18. The van der Waals surface area contributed by atoms with Crippen LogP contribution in [0.2, 0.25) is 0 Å². The van der Waals surface area contributed by atoms with Crippen molar-refractivity contribution in [3.05, 3.63) is 0 Å². The van der Waals surface area contributed by atoms with Gasteiger partial charge in [0.05, 0.1) is 0 Å². The molecule has 0 radical (unpaired) electrons. The monoisotopic (exact) mass is 366 g/mol. The Labute approximate surface area is 164 Å². The predicted molar refractivity (Wildman–Crippen MR) is 114 cm³/mol. The Morgan fingerprint density at radius 2 is 0.731 bits per heavy atom. The van der Waals surface area contributed by atoms with Gasteiger partial charge >= 0.3 is 0 Å². The van der Waals surface area contributed by atoms with Crippen molar-refractivity contribution in [3.8, 4) is 11.8 Å². The van der Waals surface area contributed by atoms with Gasteiger partial charge in [-0.2, -0.15) is 0 Å². The maximum Gasteiger partial charge on any atom is 0.114 e. The van der Waals surface area contributed by atoms with E-state index < -0.39 is 12.2 Å². The van der Waals surface area contributed by atoms with Crippen LogP contribution in [0.5, 0.6) is 0 Å². The Balaban J connectivity index is 3.46. The molecule has 0 aliphatic heterocycles. The first-order valence-corrected chi connectivity index (χ1v) is 11.6. The van der Waals surface area contributed by atoms with Gasteiger partial charge < -0.3 is 10.2 Å². The molecule has 0 saturated carbocycles. The lowest BCUT2D eigenvalue weighted by Gasteiger charge is -2.06. The zero-order chi connectivity index (χ0) is 19.3. The van der Waals surface area contributed by atoms with Crippen molar-refractivity contribution in [2.45, 2.75) is 142 Å². The zero-order valence-electron chi connectivity index (χ0n) is 17.8. The molecule has 0 fully saturated rings. The van der Waals surface area contributed by atoms with Crippen LogP contribution in [0.25, 0.3) is 0 Å². The van der Waals surface area contributed by atoms with Crippen LogP contribution >= 0.6 is 0 Å². The van der Waals surface area contributed by atoms with Gasteiger partial charge in [0.1, 0.15) is 12.2 Å². The van der Waals surface area contributed by atoms with Gasteiger partial charge in [-0.15, -0.1) is 0 Å². The standard InChI is InChI=1S/C24H46O2/c1-3-5-7-9-11-12-14-16-18-20-24(26)22-21-23(25)19-17-15-13-10-8-6-4-2/h23-26H,3-20H2,1-2H3. The van der Waals surface area contributed by atoms with E-state index in [9.17, 15) is 10.2 Å². The van der Waals surface area contributed by atoms with Crippen LogP contribution in [0.15, 0.2) is 0 Å². The van der Waals surface area contributed by atoms with E-state index in [4.69, 9.17) is 0 Å². The lowest BCUT2D eigenvalue weighted by atomic mass is 10.0. The average Bonchev–Trinajstić information content (AvgIpc) is 2.64. The van der Waals surface area contributed by atoms with E-state index >= 15 is 0 Å². The second kappa shape index (κ2) is 20.8. The summed E-state index contributed by atoms with van der Waals surface area (Å²) in [6.45, 7) is 4.49. The van der Waals surface area contributed by atoms with E-state index in [1.54, 1.807) is 0 Å². The number of hydrogen-bond donors (Lipinski definition) is 2. The van der Waals surface area contributed by atoms with Crippen molar-refractivity contribution in [1.82, 2.24) is 0 Å². The first kappa shape index (κ1) is 25.5. The Hall–Kier alpha value is -0.520. The molecule has 154 valence electrons. The van der Waals surface area contributed by atoms with Crippen LogP contribution in [-0.2, 0) is 0 Å². The first-order valence-electron chi connectivity index (χ1n) is 11.6. The fourth-order valence-electron chi connectivity index (χ4n) is 3.28. The summed E-state index contributed by atoms with van der Waals surface area (Å²) in [4.78, 5) is 0. The fourth-order valence-corrected chi connectivity index (χ4v) is 3.28. The molecule has 0 spiro atoms. The lowest BCUT2D eigenvalue weighted by molar-refractivity contribution is 0.207. The van der Waals surface area contributed by atoms with E-state index in [-0.39, 0.29) is 0 Å². The highest BCUT2D eigenvalue weighted by Crippen LogP contribution is 2.12. The molecule has 0 aliphatic carbocycles. The second-order valence-electron chi connectivity index (χ2n) is 7.85. The molecular formula is C24H46O2. The Bertz CT molecular complexity index is 329. The summed E-state index contributed by atoms with van der Waals surface area (Å²) in [5.74, 6) is 5.66. The number of hydrogen-bond acceptors (Lipinski definition) is 2. The minimum atomic E-state index is -0.566. The summed E-state index contributed by atoms with van der Waals surface area (Å²) in [6.07, 6.45) is 20.7. The molecule has 0 rings (SSSR count). The molecule has 2 unspecified atom stereocenters. The van der Waals surface area contributed by atoms with Crippen molar-refractivity contribution >= 4 is 0 Å². The van der Waals surface area contributed by atoms with Gasteiger partial charge in [0.25, 0.3) is 0 Å². The molecule has 26 heavy (non-hydrogen) atoms. The molecule has 2 heteroatoms. The van der Waals surface area contributed by atoms with Crippen LogP contribution in [-0.4, -0.2) is 22.4 Å². The Kier molecular flexibility index (Phi) is 20.4. The zero-order valence-corrected chi connectivity index (χ0v) is 17.8. The van der Waals surface area contributed by atoms with Crippen LogP contribution in [0, 0.1) is 11.8 Å². The minimum absolute atomic E-state index is 0.566. The molecule has 2 N–H and O–H groups in total. The van der Waals surface area contributed by atoms with E-state index in [0.29, 0.717) is 0 Å². The summed E-state index contributed by atoms with van der Waals surface area (Å²) in [6, 6.07) is 0. The Morgan fingerprint density at radius 1 is 0.462 bits per heavy atom. The van der Waals surface area contributed by atoms with Crippen LogP contribution < -0.4 is 0 Å². The van der Waals surface area contributed by atoms with Crippen LogP contribution in [0.3, 0.4) is 0 Å². The van der Waals surface area contributed by atoms with E-state index in [2.05, 4.69) is 25.7 Å². The van der Waals surface area contributed by atoms with Gasteiger partial charge in [-0.1, -0.05) is 116 Å². The summed E-state index contributed by atoms with van der Waals surface area (Å²) in [5, 5.41) is 19.8. The van der Waals surface area contributed by atoms with Crippen molar-refractivity contribution < 1.29 is 10.2 Å². The van der Waals surface area contributed by atoms with Gasteiger partial charge in [0.15, 0.2) is 0 Å². The van der Waals surface area contributed by atoms with Crippen molar-refractivity contribution in [2.75, 3.05) is 0 Å². The van der Waals surface area contributed by atoms with Gasteiger partial charge in [-0.3, -0.25) is 0 Å². The summed E-state index contributed by atoms with van der Waals surface area (Å²) in [7, 11) is 0. The smallest absolute Gasteiger partial charge is 0.114 e. The van der Waals surface area contributed by atoms with Gasteiger partial charge in [0.2, 0.25) is 0 Å². The molecule has 0 aromatic carbocycles. The maximum atomic E-state index is 9.91. The van der Waals surface area contributed by atoms with Crippen LogP contribution in [0.4, 0.5) is 0 Å². The SMILES string of the molecule is CCCCCCCCCCCC(O)C#CC(O)CCCCCCCCC. The fraction of sp³-hybridized carbons (Fsp3) is 0.917. The molecule has 0 heterocycles. The summed E-state index contributed by atoms with van der Waals surface area (Å²) in [5.41, 5.74) is 0. The number of aliphatic hydroxyl groups is 2. The van der Waals surface area contributed by atoms with Crippen molar-refractivity contribution in [2.24, 2.45) is 0 Å². The molecule has 2 nitrogen and oxygen atoms in total. The van der Waals surface area contributed by atoms with Gasteiger partial charge in [-0.25, -0.2) is 0 Å². The first-order chi connectivity index (χ1) is 12.7. The third-order valence-corrected chi connectivity index (χ3v) is 5.08. The molecule has 0 amide bonds. The minimum Gasteiger partial charge on any atom is -0.380 e.